The molecule has 0 spiro atoms. The normalized spacial score (nSPS) is 14.8. The van der Waals surface area contributed by atoms with Gasteiger partial charge in [0.25, 0.3) is 5.91 Å². The van der Waals surface area contributed by atoms with Crippen molar-refractivity contribution in [3.8, 4) is 0 Å². The van der Waals surface area contributed by atoms with Crippen molar-refractivity contribution in [2.75, 3.05) is 27.2 Å². The fourth-order valence-electron chi connectivity index (χ4n) is 2.80. The second kappa shape index (κ2) is 4.70. The third kappa shape index (κ3) is 2.02. The first-order chi connectivity index (χ1) is 9.18. The molecule has 0 aliphatic carbocycles. The Labute approximate surface area is 113 Å². The molecule has 1 aliphatic rings. The van der Waals surface area contributed by atoms with E-state index in [0.717, 1.165) is 31.7 Å². The molecular formula is C15H19N3O. The summed E-state index contributed by atoms with van der Waals surface area (Å²) >= 11 is 0. The second-order valence-corrected chi connectivity index (χ2v) is 5.31. The Balaban J connectivity index is 2.17. The lowest BCUT2D eigenvalue weighted by molar-refractivity contribution is 0.0936. The number of carbonyl (C=O) groups excluding carboxylic acids is 1. The summed E-state index contributed by atoms with van der Waals surface area (Å²) in [6.45, 7) is 2.52. The molecule has 0 unspecified atom stereocenters. The van der Waals surface area contributed by atoms with E-state index in [9.17, 15) is 4.79 Å². The van der Waals surface area contributed by atoms with Crippen LogP contribution >= 0.6 is 0 Å². The lowest BCUT2D eigenvalue weighted by Crippen LogP contribution is -2.34. The molecule has 0 atom stereocenters. The molecule has 0 fully saturated rings. The summed E-state index contributed by atoms with van der Waals surface area (Å²) in [6.07, 6.45) is 0.927. The molecule has 0 bridgehead atoms. The van der Waals surface area contributed by atoms with E-state index in [1.807, 2.05) is 12.1 Å². The van der Waals surface area contributed by atoms with Crippen molar-refractivity contribution in [1.29, 1.82) is 0 Å². The highest BCUT2D eigenvalue weighted by molar-refractivity contribution is 6.02. The highest BCUT2D eigenvalue weighted by Crippen LogP contribution is 2.28. The molecule has 0 saturated carbocycles. The maximum Gasteiger partial charge on any atom is 0.268 e. The third-order valence-corrected chi connectivity index (χ3v) is 3.72. The van der Waals surface area contributed by atoms with Crippen molar-refractivity contribution in [1.82, 2.24) is 14.8 Å². The van der Waals surface area contributed by atoms with Crippen LogP contribution < -0.4 is 5.32 Å². The van der Waals surface area contributed by atoms with Crippen molar-refractivity contribution < 1.29 is 4.79 Å². The second-order valence-electron chi connectivity index (χ2n) is 5.31. The number of hydrogen-bond donors (Lipinski definition) is 1. The summed E-state index contributed by atoms with van der Waals surface area (Å²) in [7, 11) is 4.11. The van der Waals surface area contributed by atoms with Crippen LogP contribution in [-0.2, 0) is 13.0 Å². The van der Waals surface area contributed by atoms with Crippen LogP contribution in [0.2, 0.25) is 0 Å². The van der Waals surface area contributed by atoms with Crippen LogP contribution in [0.4, 0.5) is 0 Å². The van der Waals surface area contributed by atoms with E-state index in [0.29, 0.717) is 0 Å². The van der Waals surface area contributed by atoms with Crippen LogP contribution in [0.25, 0.3) is 10.9 Å². The van der Waals surface area contributed by atoms with Crippen LogP contribution in [0, 0.1) is 0 Å². The fourth-order valence-corrected chi connectivity index (χ4v) is 2.80. The summed E-state index contributed by atoms with van der Waals surface area (Å²) in [5, 5.41) is 4.18. The SMILES string of the molecule is CN(C)CCn1c2c(c3ccccc31)CCNC2=O. The Hall–Kier alpha value is -1.81. The maximum absolute atomic E-state index is 12.2. The Bertz CT molecular complexity index is 628. The number of fused-ring (bicyclic) bond motifs is 3. The zero-order valence-electron chi connectivity index (χ0n) is 11.4. The summed E-state index contributed by atoms with van der Waals surface area (Å²) < 4.78 is 2.17. The van der Waals surface area contributed by atoms with Crippen molar-refractivity contribution in [2.24, 2.45) is 0 Å². The van der Waals surface area contributed by atoms with Crippen LogP contribution in [0.1, 0.15) is 16.1 Å². The van der Waals surface area contributed by atoms with E-state index in [1.165, 1.54) is 16.5 Å². The van der Waals surface area contributed by atoms with Gasteiger partial charge < -0.3 is 14.8 Å². The zero-order valence-corrected chi connectivity index (χ0v) is 11.4. The van der Waals surface area contributed by atoms with Gasteiger partial charge in [0.05, 0.1) is 0 Å². The minimum Gasteiger partial charge on any atom is -0.350 e. The molecule has 0 saturated heterocycles. The summed E-state index contributed by atoms with van der Waals surface area (Å²) in [5.74, 6) is 0.0659. The van der Waals surface area contributed by atoms with Crippen LogP contribution in [0.3, 0.4) is 0 Å². The minimum absolute atomic E-state index is 0.0659. The largest absolute Gasteiger partial charge is 0.350 e. The number of hydrogen-bond acceptors (Lipinski definition) is 2. The molecule has 0 radical (unpaired) electrons. The van der Waals surface area contributed by atoms with E-state index in [4.69, 9.17) is 0 Å². The van der Waals surface area contributed by atoms with Crippen molar-refractivity contribution in [2.45, 2.75) is 13.0 Å². The van der Waals surface area contributed by atoms with Crippen LogP contribution in [0.15, 0.2) is 24.3 Å². The molecule has 1 aliphatic heterocycles. The van der Waals surface area contributed by atoms with Crippen LogP contribution in [0.5, 0.6) is 0 Å². The number of carbonyl (C=O) groups is 1. The predicted octanol–water partition coefficient (Wildman–Crippen LogP) is 1.49. The van der Waals surface area contributed by atoms with Gasteiger partial charge >= 0.3 is 0 Å². The molecule has 19 heavy (non-hydrogen) atoms. The van der Waals surface area contributed by atoms with E-state index < -0.39 is 0 Å². The lowest BCUT2D eigenvalue weighted by Gasteiger charge is -2.17. The number of aromatic nitrogens is 1. The molecule has 3 rings (SSSR count). The number of nitrogens with one attached hydrogen (secondary N) is 1. The summed E-state index contributed by atoms with van der Waals surface area (Å²) in [4.78, 5) is 14.3. The quantitative estimate of drug-likeness (QED) is 0.904. The van der Waals surface area contributed by atoms with Gasteiger partial charge in [0.1, 0.15) is 5.69 Å². The first-order valence-corrected chi connectivity index (χ1v) is 6.71. The van der Waals surface area contributed by atoms with Gasteiger partial charge in [0, 0.05) is 30.5 Å². The summed E-state index contributed by atoms with van der Waals surface area (Å²) in [6, 6.07) is 8.32. The van der Waals surface area contributed by atoms with Gasteiger partial charge in [-0.1, -0.05) is 18.2 Å². The Kier molecular flexibility index (Phi) is 3.03. The highest BCUT2D eigenvalue weighted by atomic mass is 16.2. The van der Waals surface area contributed by atoms with Gasteiger partial charge in [-0.15, -0.1) is 0 Å². The Morgan fingerprint density at radius 1 is 1.32 bits per heavy atom. The molecule has 4 nitrogen and oxygen atoms in total. The Morgan fingerprint density at radius 2 is 2.11 bits per heavy atom. The molecule has 100 valence electrons. The summed E-state index contributed by atoms with van der Waals surface area (Å²) in [5.41, 5.74) is 3.24. The van der Waals surface area contributed by atoms with Gasteiger partial charge in [-0.05, 0) is 32.1 Å². The van der Waals surface area contributed by atoms with Gasteiger partial charge in [-0.3, -0.25) is 4.79 Å². The number of para-hydroxylation sites is 1. The predicted molar refractivity (Wildman–Crippen MR) is 76.5 cm³/mol. The van der Waals surface area contributed by atoms with Crippen molar-refractivity contribution >= 4 is 16.8 Å². The maximum atomic E-state index is 12.2. The highest BCUT2D eigenvalue weighted by Gasteiger charge is 2.25. The molecule has 1 N–H and O–H groups in total. The monoisotopic (exact) mass is 257 g/mol. The van der Waals surface area contributed by atoms with E-state index in [-0.39, 0.29) is 5.91 Å². The number of rotatable bonds is 3. The minimum atomic E-state index is 0.0659. The lowest BCUT2D eigenvalue weighted by atomic mass is 10.0. The molecule has 4 heteroatoms. The van der Waals surface area contributed by atoms with Gasteiger partial charge in [-0.25, -0.2) is 0 Å². The third-order valence-electron chi connectivity index (χ3n) is 3.72. The average Bonchev–Trinajstić information content (AvgIpc) is 2.72. The van der Waals surface area contributed by atoms with Gasteiger partial charge in [0.15, 0.2) is 0 Å². The number of nitrogens with zero attached hydrogens (tertiary/aromatic N) is 2. The molecular weight excluding hydrogens is 238 g/mol. The molecule has 2 heterocycles. The standard InChI is InChI=1S/C15H19N3O/c1-17(2)9-10-18-13-6-4-3-5-11(13)12-7-8-16-15(19)14(12)18/h3-6H,7-10H2,1-2H3,(H,16,19). The van der Waals surface area contributed by atoms with Gasteiger partial charge in [-0.2, -0.15) is 0 Å². The van der Waals surface area contributed by atoms with E-state index in [1.54, 1.807) is 0 Å². The molecule has 1 aromatic carbocycles. The van der Waals surface area contributed by atoms with E-state index in [2.05, 4.69) is 41.0 Å². The first kappa shape index (κ1) is 12.2. The van der Waals surface area contributed by atoms with E-state index >= 15 is 0 Å². The molecule has 1 aromatic heterocycles. The first-order valence-electron chi connectivity index (χ1n) is 6.71. The number of amides is 1. The average molecular weight is 257 g/mol. The van der Waals surface area contributed by atoms with Crippen molar-refractivity contribution in [3.63, 3.8) is 0 Å². The molecule has 1 amide bonds. The smallest absolute Gasteiger partial charge is 0.268 e. The topological polar surface area (TPSA) is 37.3 Å². The number of likely N-dealkylation sites (N-methyl/N-ethyl adjacent to an activating group) is 1. The van der Waals surface area contributed by atoms with Crippen LogP contribution in [-0.4, -0.2) is 42.6 Å². The molecule has 2 aromatic rings. The number of benzene rings is 1. The van der Waals surface area contributed by atoms with Crippen molar-refractivity contribution in [3.05, 3.63) is 35.5 Å². The van der Waals surface area contributed by atoms with Gasteiger partial charge in [0.2, 0.25) is 0 Å². The Morgan fingerprint density at radius 3 is 2.89 bits per heavy atom. The zero-order chi connectivity index (χ0) is 13.4. The fraction of sp³-hybridized carbons (Fsp3) is 0.400.